The number of Topliss-reactive ketones (excluding diaryl/α,β-unsaturated/α-hetero) is 1. The molecule has 0 atom stereocenters. The highest BCUT2D eigenvalue weighted by molar-refractivity contribution is 6.34. The van der Waals surface area contributed by atoms with Gasteiger partial charge in [0.1, 0.15) is 5.82 Å². The van der Waals surface area contributed by atoms with E-state index < -0.39 is 35.7 Å². The Morgan fingerprint density at radius 2 is 1.79 bits per heavy atom. The first-order chi connectivity index (χ1) is 16.0. The number of benzene rings is 2. The fourth-order valence-corrected chi connectivity index (χ4v) is 3.04. The zero-order chi connectivity index (χ0) is 24.9. The van der Waals surface area contributed by atoms with E-state index in [0.717, 1.165) is 6.07 Å². The summed E-state index contributed by atoms with van der Waals surface area (Å²) in [6.45, 7) is 0. The van der Waals surface area contributed by atoms with Crippen molar-refractivity contribution in [2.24, 2.45) is 5.73 Å². The number of hydrogen-bond acceptors (Lipinski definition) is 4. The maximum atomic E-state index is 13.3. The van der Waals surface area contributed by atoms with E-state index >= 15 is 0 Å². The van der Waals surface area contributed by atoms with Crippen LogP contribution in [0.3, 0.4) is 0 Å². The molecule has 0 radical (unpaired) electrons. The third kappa shape index (κ3) is 6.43. The van der Waals surface area contributed by atoms with Crippen LogP contribution in [0.25, 0.3) is 0 Å². The van der Waals surface area contributed by atoms with Gasteiger partial charge in [-0.3, -0.25) is 15.0 Å². The molecule has 3 aromatic rings. The number of nitrogens with zero attached hydrogens (tertiary/aromatic N) is 1. The standard InChI is InChI=1S/C24H16ClF3N4O2/c25-19-7-6-14(11-18(19)23(34)32-22-3-1-2-8-31-22)4-5-15-9-16(20(33)13-21(29)30)12-17(10-15)24(26,27)28/h1-3,6-12H,13H2,(H3,29,30)(H,31,32,34). The van der Waals surface area contributed by atoms with Crippen LogP contribution < -0.4 is 11.1 Å². The van der Waals surface area contributed by atoms with Gasteiger partial charge >= 0.3 is 6.18 Å². The largest absolute Gasteiger partial charge is 0.416 e. The van der Waals surface area contributed by atoms with Crippen molar-refractivity contribution in [1.29, 1.82) is 5.41 Å². The normalized spacial score (nSPS) is 10.7. The van der Waals surface area contributed by atoms with Crippen LogP contribution in [-0.2, 0) is 6.18 Å². The highest BCUT2D eigenvalue weighted by Gasteiger charge is 2.31. The molecule has 0 aliphatic heterocycles. The zero-order valence-electron chi connectivity index (χ0n) is 17.3. The minimum atomic E-state index is -4.71. The van der Waals surface area contributed by atoms with Crippen molar-refractivity contribution in [1.82, 2.24) is 4.98 Å². The van der Waals surface area contributed by atoms with Crippen molar-refractivity contribution in [2.75, 3.05) is 5.32 Å². The molecule has 34 heavy (non-hydrogen) atoms. The van der Waals surface area contributed by atoms with E-state index in [0.29, 0.717) is 17.4 Å². The second-order valence-electron chi connectivity index (χ2n) is 7.04. The summed E-state index contributed by atoms with van der Waals surface area (Å²) in [5.74, 6) is 3.84. The lowest BCUT2D eigenvalue weighted by Crippen LogP contribution is -2.16. The predicted octanol–water partition coefficient (Wildman–Crippen LogP) is 4.91. The van der Waals surface area contributed by atoms with Gasteiger partial charge in [0.15, 0.2) is 5.78 Å². The number of amidine groups is 1. The second kappa shape index (κ2) is 10.2. The molecule has 0 saturated carbocycles. The van der Waals surface area contributed by atoms with E-state index in [1.807, 2.05) is 0 Å². The molecule has 1 aromatic heterocycles. The van der Waals surface area contributed by atoms with E-state index in [-0.39, 0.29) is 21.7 Å². The number of nitrogens with two attached hydrogens (primary N) is 1. The van der Waals surface area contributed by atoms with Gasteiger partial charge in [0, 0.05) is 22.9 Å². The number of nitrogens with one attached hydrogen (secondary N) is 2. The van der Waals surface area contributed by atoms with Crippen LogP contribution in [0.4, 0.5) is 19.0 Å². The third-order valence-electron chi connectivity index (χ3n) is 4.40. The quantitative estimate of drug-likeness (QED) is 0.207. The number of amides is 1. The van der Waals surface area contributed by atoms with Gasteiger partial charge in [-0.1, -0.05) is 29.5 Å². The van der Waals surface area contributed by atoms with E-state index in [9.17, 15) is 22.8 Å². The number of alkyl halides is 3. The number of aromatic nitrogens is 1. The number of carbonyl (C=O) groups is 2. The number of pyridine rings is 1. The Morgan fingerprint density at radius 3 is 2.44 bits per heavy atom. The molecule has 0 unspecified atom stereocenters. The molecule has 2 aromatic carbocycles. The SMILES string of the molecule is N=C(N)CC(=O)c1cc(C#Cc2ccc(Cl)c(C(=O)Nc3ccccn3)c2)cc(C(F)(F)F)c1. The Hall–Kier alpha value is -4.16. The minimum absolute atomic E-state index is 0.0730. The van der Waals surface area contributed by atoms with E-state index in [4.69, 9.17) is 22.7 Å². The maximum absolute atomic E-state index is 13.3. The molecule has 0 fully saturated rings. The van der Waals surface area contributed by atoms with Crippen molar-refractivity contribution >= 4 is 34.9 Å². The summed E-state index contributed by atoms with van der Waals surface area (Å²) in [5, 5.41) is 9.93. The van der Waals surface area contributed by atoms with Crippen LogP contribution in [0.2, 0.25) is 5.02 Å². The van der Waals surface area contributed by atoms with Crippen LogP contribution in [-0.4, -0.2) is 22.5 Å². The van der Waals surface area contributed by atoms with Gasteiger partial charge in [0.2, 0.25) is 0 Å². The Morgan fingerprint density at radius 1 is 1.06 bits per heavy atom. The molecule has 0 spiro atoms. The molecule has 3 rings (SSSR count). The summed E-state index contributed by atoms with van der Waals surface area (Å²) >= 11 is 6.12. The topological polar surface area (TPSA) is 109 Å². The first-order valence-electron chi connectivity index (χ1n) is 9.65. The van der Waals surface area contributed by atoms with Gasteiger partial charge in [0.25, 0.3) is 5.91 Å². The molecule has 6 nitrogen and oxygen atoms in total. The Kier molecular flexibility index (Phi) is 7.34. The van der Waals surface area contributed by atoms with Gasteiger partial charge in [0.05, 0.1) is 28.4 Å². The van der Waals surface area contributed by atoms with E-state index in [1.165, 1.54) is 30.5 Å². The number of rotatable bonds is 5. The average Bonchev–Trinajstić information content (AvgIpc) is 2.78. The van der Waals surface area contributed by atoms with E-state index in [2.05, 4.69) is 22.1 Å². The zero-order valence-corrected chi connectivity index (χ0v) is 18.1. The van der Waals surface area contributed by atoms with Crippen LogP contribution in [0, 0.1) is 17.3 Å². The smallest absolute Gasteiger partial charge is 0.387 e. The van der Waals surface area contributed by atoms with Gasteiger partial charge in [-0.25, -0.2) is 4.98 Å². The summed E-state index contributed by atoms with van der Waals surface area (Å²) in [7, 11) is 0. The van der Waals surface area contributed by atoms with E-state index in [1.54, 1.807) is 18.2 Å². The molecule has 0 saturated heterocycles. The summed E-state index contributed by atoms with van der Waals surface area (Å²) in [4.78, 5) is 28.7. The maximum Gasteiger partial charge on any atom is 0.416 e. The Bertz CT molecular complexity index is 1330. The van der Waals surface area contributed by atoms with Crippen molar-refractivity contribution in [2.45, 2.75) is 12.6 Å². The van der Waals surface area contributed by atoms with Gasteiger partial charge in [-0.05, 0) is 48.5 Å². The first-order valence-corrected chi connectivity index (χ1v) is 10.0. The first kappa shape index (κ1) is 24.5. The molecule has 172 valence electrons. The summed E-state index contributed by atoms with van der Waals surface area (Å²) in [5.41, 5.74) is 4.21. The molecule has 0 aliphatic carbocycles. The van der Waals surface area contributed by atoms with Crippen LogP contribution >= 0.6 is 11.6 Å². The highest BCUT2D eigenvalue weighted by Crippen LogP contribution is 2.31. The molecule has 1 heterocycles. The average molecular weight is 485 g/mol. The number of ketones is 1. The Balaban J connectivity index is 1.94. The molecule has 1 amide bonds. The highest BCUT2D eigenvalue weighted by atomic mass is 35.5. The molecular weight excluding hydrogens is 469 g/mol. The lowest BCUT2D eigenvalue weighted by Gasteiger charge is -2.09. The van der Waals surface area contributed by atoms with Crippen LogP contribution in [0.5, 0.6) is 0 Å². The summed E-state index contributed by atoms with van der Waals surface area (Å²) in [6, 6.07) is 12.0. The minimum Gasteiger partial charge on any atom is -0.387 e. The lowest BCUT2D eigenvalue weighted by atomic mass is 10.0. The van der Waals surface area contributed by atoms with Crippen molar-refractivity contribution in [3.8, 4) is 11.8 Å². The van der Waals surface area contributed by atoms with Gasteiger partial charge in [-0.2, -0.15) is 13.2 Å². The lowest BCUT2D eigenvalue weighted by molar-refractivity contribution is -0.137. The van der Waals surface area contributed by atoms with Gasteiger partial charge < -0.3 is 11.1 Å². The molecular formula is C24H16ClF3N4O2. The number of anilines is 1. The third-order valence-corrected chi connectivity index (χ3v) is 4.73. The summed E-state index contributed by atoms with van der Waals surface area (Å²) < 4.78 is 39.9. The fraction of sp³-hybridized carbons (Fsp3) is 0.0833. The van der Waals surface area contributed by atoms with Crippen LogP contribution in [0.15, 0.2) is 60.8 Å². The molecule has 4 N–H and O–H groups in total. The summed E-state index contributed by atoms with van der Waals surface area (Å²) in [6.07, 6.45) is -3.72. The molecule has 0 bridgehead atoms. The number of carbonyl (C=O) groups excluding carboxylic acids is 2. The predicted molar refractivity (Wildman–Crippen MR) is 122 cm³/mol. The number of hydrogen-bond donors (Lipinski definition) is 3. The molecule has 0 aliphatic rings. The number of halogens is 4. The van der Waals surface area contributed by atoms with Crippen molar-refractivity contribution in [3.63, 3.8) is 0 Å². The molecule has 10 heteroatoms. The fourth-order valence-electron chi connectivity index (χ4n) is 2.84. The van der Waals surface area contributed by atoms with Gasteiger partial charge in [-0.15, -0.1) is 0 Å². The van der Waals surface area contributed by atoms with Crippen LogP contribution in [0.1, 0.15) is 43.8 Å². The Labute approximate surface area is 197 Å². The second-order valence-corrected chi connectivity index (χ2v) is 7.44. The monoisotopic (exact) mass is 484 g/mol. The van der Waals surface area contributed by atoms with Crippen molar-refractivity contribution < 1.29 is 22.8 Å². The van der Waals surface area contributed by atoms with Crippen molar-refractivity contribution in [3.05, 3.63) is 93.6 Å².